The molecule has 0 atom stereocenters. The van der Waals surface area contributed by atoms with E-state index in [9.17, 15) is 14.9 Å². The van der Waals surface area contributed by atoms with Gasteiger partial charge in [-0.05, 0) is 25.7 Å². The highest BCUT2D eigenvalue weighted by molar-refractivity contribution is 5.68. The fraction of sp³-hybridized carbons (Fsp3) is 0.636. The van der Waals surface area contributed by atoms with Gasteiger partial charge in [-0.2, -0.15) is 4.68 Å². The molecule has 8 heteroatoms. The summed E-state index contributed by atoms with van der Waals surface area (Å²) in [7, 11) is 1.65. The molecule has 106 valence electrons. The fourth-order valence-electron chi connectivity index (χ4n) is 1.17. The lowest BCUT2D eigenvalue weighted by Crippen LogP contribution is -2.43. The first-order valence-electron chi connectivity index (χ1n) is 5.80. The van der Waals surface area contributed by atoms with Crippen molar-refractivity contribution in [2.75, 3.05) is 13.7 Å². The summed E-state index contributed by atoms with van der Waals surface area (Å²) in [5.41, 5.74) is -0.318. The van der Waals surface area contributed by atoms with Crippen LogP contribution in [0.4, 0.5) is 10.6 Å². The minimum atomic E-state index is -0.574. The van der Waals surface area contributed by atoms with Crippen LogP contribution in [0.5, 0.6) is 0 Å². The zero-order valence-corrected chi connectivity index (χ0v) is 11.5. The molecule has 1 amide bonds. The molecular weight excluding hydrogens is 252 g/mol. The van der Waals surface area contributed by atoms with Crippen LogP contribution in [0.3, 0.4) is 0 Å². The van der Waals surface area contributed by atoms with E-state index in [-0.39, 0.29) is 24.5 Å². The average molecular weight is 270 g/mol. The van der Waals surface area contributed by atoms with E-state index in [2.05, 4.69) is 5.10 Å². The molecule has 8 nitrogen and oxygen atoms in total. The number of carbonyl (C=O) groups is 1. The van der Waals surface area contributed by atoms with Crippen LogP contribution in [-0.4, -0.2) is 44.9 Å². The first-order valence-corrected chi connectivity index (χ1v) is 5.80. The van der Waals surface area contributed by atoms with E-state index in [0.717, 1.165) is 0 Å². The van der Waals surface area contributed by atoms with Crippen molar-refractivity contribution in [1.82, 2.24) is 14.7 Å². The van der Waals surface area contributed by atoms with Crippen LogP contribution in [0, 0.1) is 10.1 Å². The minimum absolute atomic E-state index is 0.109. The van der Waals surface area contributed by atoms with Crippen molar-refractivity contribution < 1.29 is 14.5 Å². The third kappa shape index (κ3) is 4.23. The topological polar surface area (TPSA) is 90.5 Å². The van der Waals surface area contributed by atoms with Crippen molar-refractivity contribution in [2.45, 2.75) is 32.9 Å². The van der Waals surface area contributed by atoms with Crippen molar-refractivity contribution >= 4 is 11.9 Å². The molecule has 1 aromatic heterocycles. The molecule has 19 heavy (non-hydrogen) atoms. The number of hydrogen-bond acceptors (Lipinski definition) is 5. The predicted octanol–water partition coefficient (Wildman–Crippen LogP) is 1.66. The van der Waals surface area contributed by atoms with Gasteiger partial charge < -0.3 is 19.8 Å². The van der Waals surface area contributed by atoms with Crippen LogP contribution in [0.2, 0.25) is 0 Å². The third-order valence-corrected chi connectivity index (χ3v) is 2.64. The summed E-state index contributed by atoms with van der Waals surface area (Å²) in [6.07, 6.45) is 1.04. The zero-order chi connectivity index (χ0) is 14.6. The van der Waals surface area contributed by atoms with Crippen molar-refractivity contribution in [2.24, 2.45) is 0 Å². The van der Waals surface area contributed by atoms with Gasteiger partial charge in [-0.15, -0.1) is 0 Å². The van der Waals surface area contributed by atoms with Crippen molar-refractivity contribution in [3.05, 3.63) is 22.4 Å². The standard InChI is InChI=1S/C11H18N4O4/c1-11(2,3)13(4)10(16)19-8-7-14-6-5-9(12-14)15(17)18/h5-6H,7-8H2,1-4H3. The van der Waals surface area contributed by atoms with Gasteiger partial charge in [0.05, 0.1) is 23.9 Å². The van der Waals surface area contributed by atoms with Gasteiger partial charge in [-0.25, -0.2) is 4.79 Å². The minimum Gasteiger partial charge on any atom is -0.447 e. The maximum absolute atomic E-state index is 11.7. The normalized spacial score (nSPS) is 11.2. The van der Waals surface area contributed by atoms with E-state index in [1.807, 2.05) is 20.8 Å². The zero-order valence-electron chi connectivity index (χ0n) is 11.5. The summed E-state index contributed by atoms with van der Waals surface area (Å²) >= 11 is 0. The average Bonchev–Trinajstić information content (AvgIpc) is 2.75. The van der Waals surface area contributed by atoms with E-state index in [0.29, 0.717) is 0 Å². The first-order chi connectivity index (χ1) is 8.71. The second-order valence-electron chi connectivity index (χ2n) is 5.04. The molecule has 1 heterocycles. The SMILES string of the molecule is CN(C(=O)OCCn1ccc([N+](=O)[O-])n1)C(C)(C)C. The predicted molar refractivity (Wildman–Crippen MR) is 67.7 cm³/mol. The molecule has 0 aliphatic rings. The number of aromatic nitrogens is 2. The van der Waals surface area contributed by atoms with E-state index in [4.69, 9.17) is 4.74 Å². The number of rotatable bonds is 4. The summed E-state index contributed by atoms with van der Waals surface area (Å²) in [5, 5.41) is 14.1. The van der Waals surface area contributed by atoms with E-state index < -0.39 is 11.0 Å². The lowest BCUT2D eigenvalue weighted by Gasteiger charge is -2.30. The molecule has 0 unspecified atom stereocenters. The highest BCUT2D eigenvalue weighted by Crippen LogP contribution is 2.11. The number of nitro groups is 1. The molecule has 0 spiro atoms. The molecule has 0 aliphatic heterocycles. The Morgan fingerprint density at radius 3 is 2.68 bits per heavy atom. The van der Waals surface area contributed by atoms with Crippen LogP contribution in [-0.2, 0) is 11.3 Å². The second kappa shape index (κ2) is 5.68. The third-order valence-electron chi connectivity index (χ3n) is 2.64. The Morgan fingerprint density at radius 2 is 2.21 bits per heavy atom. The monoisotopic (exact) mass is 270 g/mol. The van der Waals surface area contributed by atoms with Crippen molar-refractivity contribution in [3.8, 4) is 0 Å². The van der Waals surface area contributed by atoms with Crippen LogP contribution >= 0.6 is 0 Å². The Balaban J connectivity index is 2.42. The van der Waals surface area contributed by atoms with Gasteiger partial charge in [0.2, 0.25) is 0 Å². The van der Waals surface area contributed by atoms with Gasteiger partial charge in [-0.3, -0.25) is 0 Å². The largest absolute Gasteiger partial charge is 0.447 e. The molecular formula is C11H18N4O4. The van der Waals surface area contributed by atoms with Gasteiger partial charge in [0.1, 0.15) is 6.61 Å². The van der Waals surface area contributed by atoms with Crippen LogP contribution in [0.25, 0.3) is 0 Å². The highest BCUT2D eigenvalue weighted by Gasteiger charge is 2.23. The lowest BCUT2D eigenvalue weighted by atomic mass is 10.1. The maximum atomic E-state index is 11.7. The number of ether oxygens (including phenoxy) is 1. The Labute approximate surface area is 111 Å². The molecule has 0 fully saturated rings. The maximum Gasteiger partial charge on any atom is 0.409 e. The molecule has 0 saturated heterocycles. The van der Waals surface area contributed by atoms with Crippen LogP contribution in [0.15, 0.2) is 12.3 Å². The smallest absolute Gasteiger partial charge is 0.409 e. The van der Waals surface area contributed by atoms with Crippen molar-refractivity contribution in [3.63, 3.8) is 0 Å². The van der Waals surface area contributed by atoms with Gasteiger partial charge in [0, 0.05) is 12.6 Å². The summed E-state index contributed by atoms with van der Waals surface area (Å²) in [6, 6.07) is 1.29. The first kappa shape index (κ1) is 14.9. The molecule has 0 aromatic carbocycles. The van der Waals surface area contributed by atoms with E-state index >= 15 is 0 Å². The van der Waals surface area contributed by atoms with Gasteiger partial charge in [0.15, 0.2) is 0 Å². The Bertz CT molecular complexity index is 464. The quantitative estimate of drug-likeness (QED) is 0.613. The molecule has 0 saturated carbocycles. The van der Waals surface area contributed by atoms with E-state index in [1.165, 1.54) is 21.8 Å². The summed E-state index contributed by atoms with van der Waals surface area (Å²) in [4.78, 5) is 23.0. The number of carbonyl (C=O) groups excluding carboxylic acids is 1. The van der Waals surface area contributed by atoms with Gasteiger partial charge >= 0.3 is 11.9 Å². The molecule has 0 radical (unpaired) electrons. The Kier molecular flexibility index (Phi) is 4.47. The Hall–Kier alpha value is -2.12. The van der Waals surface area contributed by atoms with Crippen LogP contribution in [0.1, 0.15) is 20.8 Å². The molecule has 1 aromatic rings. The number of nitrogens with zero attached hydrogens (tertiary/aromatic N) is 4. The van der Waals surface area contributed by atoms with Crippen LogP contribution < -0.4 is 0 Å². The number of amides is 1. The molecule has 0 bridgehead atoms. The molecule has 0 N–H and O–H groups in total. The highest BCUT2D eigenvalue weighted by atomic mass is 16.6. The van der Waals surface area contributed by atoms with Gasteiger partial charge in [-0.1, -0.05) is 0 Å². The fourth-order valence-corrected chi connectivity index (χ4v) is 1.17. The second-order valence-corrected chi connectivity index (χ2v) is 5.04. The summed E-state index contributed by atoms with van der Waals surface area (Å²) < 4.78 is 6.42. The summed E-state index contributed by atoms with van der Waals surface area (Å²) in [5.74, 6) is -0.224. The van der Waals surface area contributed by atoms with Crippen molar-refractivity contribution in [1.29, 1.82) is 0 Å². The Morgan fingerprint density at radius 1 is 1.58 bits per heavy atom. The summed E-state index contributed by atoms with van der Waals surface area (Å²) in [6.45, 7) is 6.07. The lowest BCUT2D eigenvalue weighted by molar-refractivity contribution is -0.389. The van der Waals surface area contributed by atoms with Gasteiger partial charge in [0.25, 0.3) is 0 Å². The molecule has 0 aliphatic carbocycles. The van der Waals surface area contributed by atoms with E-state index in [1.54, 1.807) is 7.05 Å². The molecule has 1 rings (SSSR count). The number of hydrogen-bond donors (Lipinski definition) is 0.